The van der Waals surface area contributed by atoms with Gasteiger partial charge in [0.25, 0.3) is 0 Å². The zero-order chi connectivity index (χ0) is 21.9. The van der Waals surface area contributed by atoms with E-state index in [2.05, 4.69) is 48.1 Å². The Balaban J connectivity index is 1.42. The summed E-state index contributed by atoms with van der Waals surface area (Å²) in [4.78, 5) is 4.41. The molecular formula is C25H22BrFN4O. The van der Waals surface area contributed by atoms with Crippen molar-refractivity contribution in [3.8, 4) is 11.5 Å². The molecule has 5 nitrogen and oxygen atoms in total. The number of para-hydroxylation sites is 1. The van der Waals surface area contributed by atoms with E-state index < -0.39 is 0 Å². The summed E-state index contributed by atoms with van der Waals surface area (Å²) in [5, 5.41) is 8.72. The number of nitrogens with zero attached hydrogens (tertiary/aromatic N) is 4. The first-order valence-corrected chi connectivity index (χ1v) is 11.4. The van der Waals surface area contributed by atoms with Crippen LogP contribution >= 0.6 is 15.9 Å². The van der Waals surface area contributed by atoms with Gasteiger partial charge in [0.1, 0.15) is 11.9 Å². The minimum absolute atomic E-state index is 0.171. The molecule has 1 fully saturated rings. The maximum atomic E-state index is 14.3. The molecule has 2 heterocycles. The van der Waals surface area contributed by atoms with E-state index in [0.29, 0.717) is 30.6 Å². The number of halogens is 2. The first-order chi connectivity index (χ1) is 15.7. The van der Waals surface area contributed by atoms with E-state index in [1.807, 2.05) is 54.6 Å². The van der Waals surface area contributed by atoms with E-state index in [-0.39, 0.29) is 11.9 Å². The van der Waals surface area contributed by atoms with Crippen LogP contribution in [0.3, 0.4) is 0 Å². The van der Waals surface area contributed by atoms with Crippen LogP contribution in [0.2, 0.25) is 0 Å². The molecule has 0 radical (unpaired) electrons. The largest absolute Gasteiger partial charge is 0.419 e. The Morgan fingerprint density at radius 2 is 1.50 bits per heavy atom. The quantitative estimate of drug-likeness (QED) is 0.365. The monoisotopic (exact) mass is 492 g/mol. The van der Waals surface area contributed by atoms with Gasteiger partial charge in [0.15, 0.2) is 0 Å². The lowest BCUT2D eigenvalue weighted by atomic mass is 10.0. The Morgan fingerprint density at radius 1 is 0.812 bits per heavy atom. The van der Waals surface area contributed by atoms with Crippen molar-refractivity contribution in [1.29, 1.82) is 0 Å². The van der Waals surface area contributed by atoms with Crippen molar-refractivity contribution >= 4 is 21.6 Å². The molecule has 1 aromatic heterocycles. The van der Waals surface area contributed by atoms with Crippen LogP contribution < -0.4 is 4.90 Å². The molecule has 1 aliphatic rings. The topological polar surface area (TPSA) is 45.4 Å². The molecule has 5 rings (SSSR count). The van der Waals surface area contributed by atoms with Crippen molar-refractivity contribution in [1.82, 2.24) is 15.1 Å². The van der Waals surface area contributed by atoms with Crippen LogP contribution in [0.25, 0.3) is 11.5 Å². The molecule has 0 spiro atoms. The second-order valence-corrected chi connectivity index (χ2v) is 8.66. The molecule has 0 aliphatic carbocycles. The number of rotatable bonds is 5. The van der Waals surface area contributed by atoms with Crippen molar-refractivity contribution in [3.05, 3.63) is 101 Å². The lowest BCUT2D eigenvalue weighted by Gasteiger charge is -2.39. The van der Waals surface area contributed by atoms with Crippen molar-refractivity contribution in [2.24, 2.45) is 0 Å². The highest BCUT2D eigenvalue weighted by Gasteiger charge is 2.31. The normalized spacial score (nSPS) is 15.6. The fourth-order valence-electron chi connectivity index (χ4n) is 4.13. The van der Waals surface area contributed by atoms with Crippen molar-refractivity contribution < 1.29 is 8.81 Å². The molecule has 0 bridgehead atoms. The highest BCUT2D eigenvalue weighted by Crippen LogP contribution is 2.32. The van der Waals surface area contributed by atoms with Gasteiger partial charge in [0.05, 0.1) is 5.69 Å². The standard InChI is InChI=1S/C25H22BrFN4O/c26-20-12-10-18(11-13-20)23(25-29-28-24(32-25)19-6-2-1-3-7-19)31-16-14-30(15-17-31)22-9-5-4-8-21(22)27/h1-13,23H,14-17H2/t23-/m1/s1. The van der Waals surface area contributed by atoms with Crippen LogP contribution in [-0.2, 0) is 0 Å². The van der Waals surface area contributed by atoms with Crippen LogP contribution in [0.15, 0.2) is 87.8 Å². The summed E-state index contributed by atoms with van der Waals surface area (Å²) in [6, 6.07) is 24.7. The van der Waals surface area contributed by atoms with E-state index in [4.69, 9.17) is 4.42 Å². The summed E-state index contributed by atoms with van der Waals surface area (Å²) < 4.78 is 21.4. The number of piperazine rings is 1. The van der Waals surface area contributed by atoms with Gasteiger partial charge < -0.3 is 9.32 Å². The van der Waals surface area contributed by atoms with Gasteiger partial charge in [-0.15, -0.1) is 10.2 Å². The van der Waals surface area contributed by atoms with Crippen LogP contribution in [0.5, 0.6) is 0 Å². The second-order valence-electron chi connectivity index (χ2n) is 7.74. The first kappa shape index (κ1) is 20.8. The van der Waals surface area contributed by atoms with Gasteiger partial charge in [-0.3, -0.25) is 4.90 Å². The zero-order valence-electron chi connectivity index (χ0n) is 17.4. The molecule has 0 saturated carbocycles. The summed E-state index contributed by atoms with van der Waals surface area (Å²) in [7, 11) is 0. The number of anilines is 1. The van der Waals surface area contributed by atoms with Crippen molar-refractivity contribution in [2.45, 2.75) is 6.04 Å². The molecule has 3 aromatic carbocycles. The van der Waals surface area contributed by atoms with E-state index in [9.17, 15) is 4.39 Å². The van der Waals surface area contributed by atoms with Gasteiger partial charge in [-0.05, 0) is 42.0 Å². The van der Waals surface area contributed by atoms with Crippen LogP contribution in [0.1, 0.15) is 17.5 Å². The third-order valence-corrected chi connectivity index (χ3v) is 6.28. The molecule has 0 unspecified atom stereocenters. The summed E-state index contributed by atoms with van der Waals surface area (Å²) >= 11 is 3.51. The predicted octanol–water partition coefficient (Wildman–Crippen LogP) is 5.55. The Hall–Kier alpha value is -3.03. The van der Waals surface area contributed by atoms with E-state index in [1.54, 1.807) is 6.07 Å². The minimum Gasteiger partial charge on any atom is -0.419 e. The molecule has 4 aromatic rings. The molecular weight excluding hydrogens is 471 g/mol. The number of hydrogen-bond donors (Lipinski definition) is 0. The Bertz CT molecular complexity index is 1170. The van der Waals surface area contributed by atoms with Crippen molar-refractivity contribution in [3.63, 3.8) is 0 Å². The van der Waals surface area contributed by atoms with Gasteiger partial charge in [0.2, 0.25) is 11.8 Å². The Morgan fingerprint density at radius 3 is 2.22 bits per heavy atom. The van der Waals surface area contributed by atoms with E-state index >= 15 is 0 Å². The summed E-state index contributed by atoms with van der Waals surface area (Å²) in [6.07, 6.45) is 0. The van der Waals surface area contributed by atoms with Gasteiger partial charge in [-0.1, -0.05) is 58.4 Å². The van der Waals surface area contributed by atoms with E-state index in [0.717, 1.165) is 28.7 Å². The molecule has 1 atom stereocenters. The number of hydrogen-bond acceptors (Lipinski definition) is 5. The third kappa shape index (κ3) is 4.31. The lowest BCUT2D eigenvalue weighted by molar-refractivity contribution is 0.187. The molecule has 7 heteroatoms. The van der Waals surface area contributed by atoms with E-state index in [1.165, 1.54) is 6.07 Å². The average molecular weight is 493 g/mol. The van der Waals surface area contributed by atoms with Crippen molar-refractivity contribution in [2.75, 3.05) is 31.1 Å². The second kappa shape index (κ2) is 9.22. The smallest absolute Gasteiger partial charge is 0.247 e. The highest BCUT2D eigenvalue weighted by molar-refractivity contribution is 9.10. The molecule has 0 amide bonds. The molecule has 0 N–H and O–H groups in total. The van der Waals surface area contributed by atoms with Gasteiger partial charge >= 0.3 is 0 Å². The fraction of sp³-hybridized carbons (Fsp3) is 0.200. The minimum atomic E-state index is -0.185. The Labute approximate surface area is 194 Å². The number of benzene rings is 3. The van der Waals surface area contributed by atoms with Crippen LogP contribution in [0, 0.1) is 5.82 Å². The van der Waals surface area contributed by atoms with Crippen LogP contribution in [0.4, 0.5) is 10.1 Å². The third-order valence-electron chi connectivity index (χ3n) is 5.75. The summed E-state index contributed by atoms with van der Waals surface area (Å²) in [5.74, 6) is 0.882. The maximum Gasteiger partial charge on any atom is 0.247 e. The van der Waals surface area contributed by atoms with Gasteiger partial charge in [0, 0.05) is 36.2 Å². The number of aromatic nitrogens is 2. The molecule has 1 saturated heterocycles. The average Bonchev–Trinajstić information content (AvgIpc) is 3.32. The van der Waals surface area contributed by atoms with Gasteiger partial charge in [-0.25, -0.2) is 4.39 Å². The first-order valence-electron chi connectivity index (χ1n) is 10.6. The summed E-state index contributed by atoms with van der Waals surface area (Å²) in [5.41, 5.74) is 2.62. The SMILES string of the molecule is Fc1ccccc1N1CCN([C@H](c2ccc(Br)cc2)c2nnc(-c3ccccc3)o2)CC1. The molecule has 1 aliphatic heterocycles. The predicted molar refractivity (Wildman–Crippen MR) is 126 cm³/mol. The van der Waals surface area contributed by atoms with Crippen LogP contribution in [-0.4, -0.2) is 41.3 Å². The Kier molecular flexibility index (Phi) is 6.01. The van der Waals surface area contributed by atoms with Gasteiger partial charge in [-0.2, -0.15) is 0 Å². The highest BCUT2D eigenvalue weighted by atomic mass is 79.9. The fourth-order valence-corrected chi connectivity index (χ4v) is 4.39. The molecule has 32 heavy (non-hydrogen) atoms. The molecule has 162 valence electrons. The zero-order valence-corrected chi connectivity index (χ0v) is 19.0. The summed E-state index contributed by atoms with van der Waals surface area (Å²) in [6.45, 7) is 2.93. The maximum absolute atomic E-state index is 14.3. The lowest BCUT2D eigenvalue weighted by Crippen LogP contribution is -2.48.